The third-order valence-electron chi connectivity index (χ3n) is 3.09. The average molecular weight is 284 g/mol. The molecule has 110 valence electrons. The van der Waals surface area contributed by atoms with Crippen LogP contribution < -0.4 is 10.2 Å². The van der Waals surface area contributed by atoms with E-state index in [1.165, 1.54) is 0 Å². The van der Waals surface area contributed by atoms with E-state index >= 15 is 0 Å². The Hall–Kier alpha value is -2.36. The van der Waals surface area contributed by atoms with Gasteiger partial charge in [0.1, 0.15) is 5.75 Å². The maximum atomic E-state index is 11.8. The first-order valence-electron chi connectivity index (χ1n) is 7.17. The molecule has 1 unspecified atom stereocenters. The Bertz CT molecular complexity index is 637. The van der Waals surface area contributed by atoms with Gasteiger partial charge in [0.25, 0.3) is 5.91 Å². The molecule has 4 heteroatoms. The lowest BCUT2D eigenvalue weighted by molar-refractivity contribution is -0.127. The van der Waals surface area contributed by atoms with Gasteiger partial charge in [-0.2, -0.15) is 5.10 Å². The Balaban J connectivity index is 1.97. The molecule has 0 heterocycles. The van der Waals surface area contributed by atoms with Crippen molar-refractivity contribution < 1.29 is 9.53 Å². The van der Waals surface area contributed by atoms with Crippen molar-refractivity contribution in [2.24, 2.45) is 5.10 Å². The number of hydrogen-bond donors (Lipinski definition) is 1. The number of benzene rings is 2. The summed E-state index contributed by atoms with van der Waals surface area (Å²) in [5.41, 5.74) is 2.48. The Morgan fingerprint density at radius 1 is 1.29 bits per heavy atom. The molecule has 0 aliphatic rings. The van der Waals surface area contributed by atoms with Crippen LogP contribution in [0.2, 0.25) is 0 Å². The van der Waals surface area contributed by atoms with Crippen molar-refractivity contribution in [3.63, 3.8) is 0 Å². The number of rotatable bonds is 6. The van der Waals surface area contributed by atoms with E-state index in [4.69, 9.17) is 4.74 Å². The lowest BCUT2D eigenvalue weighted by Crippen LogP contribution is -2.33. The van der Waals surface area contributed by atoms with Crippen molar-refractivity contribution in [2.75, 3.05) is 0 Å². The van der Waals surface area contributed by atoms with E-state index in [0.29, 0.717) is 5.75 Å². The molecular formula is C17H20N2O2. The number of fused-ring (bicyclic) bond motifs is 1. The summed E-state index contributed by atoms with van der Waals surface area (Å²) in [4.78, 5) is 11.8. The summed E-state index contributed by atoms with van der Waals surface area (Å²) < 4.78 is 5.66. The zero-order chi connectivity index (χ0) is 15.1. The van der Waals surface area contributed by atoms with Gasteiger partial charge in [-0.1, -0.05) is 43.7 Å². The highest BCUT2D eigenvalue weighted by Crippen LogP contribution is 2.21. The van der Waals surface area contributed by atoms with E-state index in [1.54, 1.807) is 13.1 Å². The molecule has 0 aliphatic carbocycles. The molecule has 1 atom stereocenters. The van der Waals surface area contributed by atoms with Crippen molar-refractivity contribution in [3.05, 3.63) is 42.5 Å². The van der Waals surface area contributed by atoms with Crippen LogP contribution in [-0.4, -0.2) is 18.2 Å². The second-order valence-electron chi connectivity index (χ2n) is 4.85. The van der Waals surface area contributed by atoms with E-state index < -0.39 is 6.10 Å². The zero-order valence-electron chi connectivity index (χ0n) is 12.4. The SMILES string of the molecule is CCC/C=N/NC(=O)C(C)Oc1ccc2ccccc2c1. The number of amides is 1. The molecule has 1 N–H and O–H groups in total. The average Bonchev–Trinajstić information content (AvgIpc) is 2.51. The van der Waals surface area contributed by atoms with Crippen LogP contribution in [0.5, 0.6) is 5.75 Å². The van der Waals surface area contributed by atoms with Crippen LogP contribution in [0.3, 0.4) is 0 Å². The minimum Gasteiger partial charge on any atom is -0.481 e. The van der Waals surface area contributed by atoms with E-state index in [9.17, 15) is 4.79 Å². The van der Waals surface area contributed by atoms with Crippen molar-refractivity contribution in [1.29, 1.82) is 0 Å². The second kappa shape index (κ2) is 7.43. The lowest BCUT2D eigenvalue weighted by Gasteiger charge is -2.13. The third-order valence-corrected chi connectivity index (χ3v) is 3.09. The summed E-state index contributed by atoms with van der Waals surface area (Å²) in [5, 5.41) is 6.10. The molecule has 0 aliphatic heterocycles. The van der Waals surface area contributed by atoms with Gasteiger partial charge in [0, 0.05) is 6.21 Å². The van der Waals surface area contributed by atoms with Crippen LogP contribution in [0.15, 0.2) is 47.6 Å². The lowest BCUT2D eigenvalue weighted by atomic mass is 10.1. The molecule has 21 heavy (non-hydrogen) atoms. The smallest absolute Gasteiger partial charge is 0.280 e. The van der Waals surface area contributed by atoms with Gasteiger partial charge in [-0.3, -0.25) is 4.79 Å². The molecule has 0 saturated heterocycles. The summed E-state index contributed by atoms with van der Waals surface area (Å²) in [5.74, 6) is 0.421. The molecule has 0 spiro atoms. The topological polar surface area (TPSA) is 50.7 Å². The third kappa shape index (κ3) is 4.31. The van der Waals surface area contributed by atoms with Crippen molar-refractivity contribution in [3.8, 4) is 5.75 Å². The Labute approximate surface area is 124 Å². The normalized spacial score (nSPS) is 12.5. The largest absolute Gasteiger partial charge is 0.481 e. The van der Waals surface area contributed by atoms with Crippen LogP contribution in [0, 0.1) is 0 Å². The minimum atomic E-state index is -0.593. The number of hydrazone groups is 1. The maximum absolute atomic E-state index is 11.8. The number of nitrogens with zero attached hydrogens (tertiary/aromatic N) is 1. The number of nitrogens with one attached hydrogen (secondary N) is 1. The van der Waals surface area contributed by atoms with Gasteiger partial charge in [0.05, 0.1) is 0 Å². The van der Waals surface area contributed by atoms with E-state index in [2.05, 4.69) is 17.5 Å². The highest BCUT2D eigenvalue weighted by atomic mass is 16.5. The quantitative estimate of drug-likeness (QED) is 0.652. The van der Waals surface area contributed by atoms with Crippen LogP contribution in [0.4, 0.5) is 0 Å². The first-order valence-corrected chi connectivity index (χ1v) is 7.17. The van der Waals surface area contributed by atoms with Crippen LogP contribution in [0.25, 0.3) is 10.8 Å². The van der Waals surface area contributed by atoms with E-state index in [-0.39, 0.29) is 5.91 Å². The Kier molecular flexibility index (Phi) is 5.32. The van der Waals surface area contributed by atoms with Crippen LogP contribution in [-0.2, 0) is 4.79 Å². The standard InChI is InChI=1S/C17H20N2O2/c1-3-4-11-18-19-17(20)13(2)21-16-10-9-14-7-5-6-8-15(14)12-16/h5-13H,3-4H2,1-2H3,(H,19,20)/b18-11+. The summed E-state index contributed by atoms with van der Waals surface area (Å²) in [6, 6.07) is 13.8. The Morgan fingerprint density at radius 2 is 2.05 bits per heavy atom. The van der Waals surface area contributed by atoms with Gasteiger partial charge in [-0.05, 0) is 36.2 Å². The van der Waals surface area contributed by atoms with Gasteiger partial charge in [-0.25, -0.2) is 5.43 Å². The summed E-state index contributed by atoms with van der Waals surface area (Å²) >= 11 is 0. The zero-order valence-corrected chi connectivity index (χ0v) is 12.4. The number of carbonyl (C=O) groups excluding carboxylic acids is 1. The molecule has 0 fully saturated rings. The number of hydrogen-bond acceptors (Lipinski definition) is 3. The van der Waals surface area contributed by atoms with Gasteiger partial charge >= 0.3 is 0 Å². The Morgan fingerprint density at radius 3 is 2.81 bits per heavy atom. The maximum Gasteiger partial charge on any atom is 0.280 e. The van der Waals surface area contributed by atoms with Crippen molar-refractivity contribution >= 4 is 22.9 Å². The number of ether oxygens (including phenoxy) is 1. The highest BCUT2D eigenvalue weighted by molar-refractivity contribution is 5.84. The monoisotopic (exact) mass is 284 g/mol. The molecule has 4 nitrogen and oxygen atoms in total. The summed E-state index contributed by atoms with van der Waals surface area (Å²) in [6.07, 6.45) is 2.95. The fourth-order valence-electron chi connectivity index (χ4n) is 1.89. The first kappa shape index (κ1) is 15.0. The number of unbranched alkanes of at least 4 members (excludes halogenated alkanes) is 1. The molecule has 1 amide bonds. The predicted molar refractivity (Wildman–Crippen MR) is 85.6 cm³/mol. The van der Waals surface area contributed by atoms with E-state index in [1.807, 2.05) is 42.5 Å². The van der Waals surface area contributed by atoms with Crippen molar-refractivity contribution in [1.82, 2.24) is 5.43 Å². The van der Waals surface area contributed by atoms with Gasteiger partial charge in [-0.15, -0.1) is 0 Å². The predicted octanol–water partition coefficient (Wildman–Crippen LogP) is 3.51. The fourth-order valence-corrected chi connectivity index (χ4v) is 1.89. The molecule has 2 aromatic carbocycles. The van der Waals surface area contributed by atoms with E-state index in [0.717, 1.165) is 23.6 Å². The molecular weight excluding hydrogens is 264 g/mol. The van der Waals surface area contributed by atoms with Gasteiger partial charge in [0.2, 0.25) is 0 Å². The first-order chi connectivity index (χ1) is 10.2. The molecule has 0 saturated carbocycles. The van der Waals surface area contributed by atoms with Gasteiger partial charge in [0.15, 0.2) is 6.10 Å². The molecule has 0 radical (unpaired) electrons. The summed E-state index contributed by atoms with van der Waals surface area (Å²) in [6.45, 7) is 3.76. The summed E-state index contributed by atoms with van der Waals surface area (Å²) in [7, 11) is 0. The minimum absolute atomic E-state index is 0.254. The van der Waals surface area contributed by atoms with Gasteiger partial charge < -0.3 is 4.74 Å². The molecule has 0 bridgehead atoms. The van der Waals surface area contributed by atoms with Crippen molar-refractivity contribution in [2.45, 2.75) is 32.8 Å². The molecule has 2 rings (SSSR count). The number of carbonyl (C=O) groups is 1. The molecule has 0 aromatic heterocycles. The van der Waals surface area contributed by atoms with Crippen LogP contribution >= 0.6 is 0 Å². The highest BCUT2D eigenvalue weighted by Gasteiger charge is 2.13. The second-order valence-corrected chi connectivity index (χ2v) is 4.85. The molecule has 2 aromatic rings. The van der Waals surface area contributed by atoms with Crippen LogP contribution in [0.1, 0.15) is 26.7 Å². The fraction of sp³-hybridized carbons (Fsp3) is 0.294.